The SMILES string of the molecule is CCOC(OC)C(=O)OF. The van der Waals surface area contributed by atoms with Gasteiger partial charge in [-0.1, -0.05) is 0 Å². The molecule has 5 heteroatoms. The van der Waals surface area contributed by atoms with Gasteiger partial charge >= 0.3 is 5.97 Å². The number of carbonyl (C=O) groups is 1. The summed E-state index contributed by atoms with van der Waals surface area (Å²) in [6, 6.07) is 0. The van der Waals surface area contributed by atoms with Gasteiger partial charge in [-0.2, -0.15) is 0 Å². The Morgan fingerprint density at radius 1 is 1.70 bits per heavy atom. The minimum atomic E-state index is -1.25. The van der Waals surface area contributed by atoms with Crippen molar-refractivity contribution < 1.29 is 23.7 Å². The van der Waals surface area contributed by atoms with Gasteiger partial charge in [0.25, 0.3) is 6.29 Å². The molecule has 0 aromatic heterocycles. The van der Waals surface area contributed by atoms with E-state index in [1.165, 1.54) is 7.11 Å². The predicted octanol–water partition coefficient (Wildman–Crippen LogP) is 0.423. The molecule has 1 unspecified atom stereocenters. The number of carbonyl (C=O) groups excluding carboxylic acids is 1. The molecule has 0 aromatic rings. The molecule has 1 atom stereocenters. The molecule has 0 aliphatic heterocycles. The highest BCUT2D eigenvalue weighted by molar-refractivity contribution is 5.72. The van der Waals surface area contributed by atoms with Gasteiger partial charge in [-0.05, 0) is 6.92 Å². The zero-order valence-electron chi connectivity index (χ0n) is 5.80. The second kappa shape index (κ2) is 5.13. The predicted molar refractivity (Wildman–Crippen MR) is 29.6 cm³/mol. The lowest BCUT2D eigenvalue weighted by atomic mass is 10.6. The van der Waals surface area contributed by atoms with Crippen LogP contribution in [0.15, 0.2) is 0 Å². The molecule has 0 saturated heterocycles. The summed E-state index contributed by atoms with van der Waals surface area (Å²) in [5.41, 5.74) is 0. The van der Waals surface area contributed by atoms with Crippen LogP contribution in [0.5, 0.6) is 0 Å². The fraction of sp³-hybridized carbons (Fsp3) is 0.800. The van der Waals surface area contributed by atoms with Gasteiger partial charge in [0.1, 0.15) is 0 Å². The molecule has 0 bridgehead atoms. The molecule has 0 heterocycles. The summed E-state index contributed by atoms with van der Waals surface area (Å²) in [5, 5.41) is 0. The average molecular weight is 152 g/mol. The highest BCUT2D eigenvalue weighted by atomic mass is 19.3. The van der Waals surface area contributed by atoms with Crippen molar-refractivity contribution in [2.75, 3.05) is 13.7 Å². The van der Waals surface area contributed by atoms with E-state index >= 15 is 0 Å². The summed E-state index contributed by atoms with van der Waals surface area (Å²) in [7, 11) is 1.22. The molecule has 0 aliphatic rings. The smallest absolute Gasteiger partial charge is 0.346 e. The zero-order valence-corrected chi connectivity index (χ0v) is 5.80. The second-order valence-corrected chi connectivity index (χ2v) is 1.42. The summed E-state index contributed by atoms with van der Waals surface area (Å²) in [6.07, 6.45) is -1.25. The van der Waals surface area contributed by atoms with E-state index in [9.17, 15) is 9.32 Å². The van der Waals surface area contributed by atoms with Gasteiger partial charge in [-0.15, -0.1) is 0 Å². The van der Waals surface area contributed by atoms with Crippen LogP contribution in [0, 0.1) is 0 Å². The van der Waals surface area contributed by atoms with Crippen LogP contribution >= 0.6 is 0 Å². The van der Waals surface area contributed by atoms with E-state index in [1.807, 2.05) is 0 Å². The van der Waals surface area contributed by atoms with E-state index in [0.29, 0.717) is 0 Å². The van der Waals surface area contributed by atoms with Crippen LogP contribution in [0.1, 0.15) is 6.92 Å². The van der Waals surface area contributed by atoms with Crippen LogP contribution in [0.4, 0.5) is 4.53 Å². The Bertz CT molecular complexity index is 106. The highest BCUT2D eigenvalue weighted by Gasteiger charge is 2.19. The Balaban J connectivity index is 3.68. The molecule has 0 saturated carbocycles. The Morgan fingerprint density at radius 3 is 2.60 bits per heavy atom. The Labute approximate surface area is 57.8 Å². The summed E-state index contributed by atoms with van der Waals surface area (Å²) in [4.78, 5) is 13.2. The normalized spacial score (nSPS) is 12.7. The third-order valence-electron chi connectivity index (χ3n) is 0.801. The van der Waals surface area contributed by atoms with E-state index < -0.39 is 12.3 Å². The van der Waals surface area contributed by atoms with E-state index in [4.69, 9.17) is 0 Å². The first-order valence-electron chi connectivity index (χ1n) is 2.73. The van der Waals surface area contributed by atoms with Crippen molar-refractivity contribution in [2.24, 2.45) is 0 Å². The summed E-state index contributed by atoms with van der Waals surface area (Å²) in [5.74, 6) is -1.18. The van der Waals surface area contributed by atoms with Gasteiger partial charge in [0.15, 0.2) is 0 Å². The average Bonchev–Trinajstić information content (AvgIpc) is 1.99. The number of hydrogen-bond acceptors (Lipinski definition) is 4. The van der Waals surface area contributed by atoms with Crippen LogP contribution < -0.4 is 0 Å². The molecular formula is C5H9FO4. The first kappa shape index (κ1) is 9.32. The first-order valence-corrected chi connectivity index (χ1v) is 2.73. The molecule has 0 amide bonds. The second-order valence-electron chi connectivity index (χ2n) is 1.42. The van der Waals surface area contributed by atoms with Crippen LogP contribution in [-0.4, -0.2) is 26.0 Å². The summed E-state index contributed by atoms with van der Waals surface area (Å²) in [6.45, 7) is 1.91. The van der Waals surface area contributed by atoms with Crippen molar-refractivity contribution in [2.45, 2.75) is 13.2 Å². The molecule has 0 aromatic carbocycles. The molecular weight excluding hydrogens is 143 g/mol. The van der Waals surface area contributed by atoms with Crippen molar-refractivity contribution in [1.29, 1.82) is 0 Å². The van der Waals surface area contributed by atoms with E-state index in [-0.39, 0.29) is 6.61 Å². The van der Waals surface area contributed by atoms with Crippen LogP contribution in [0.2, 0.25) is 0 Å². The molecule has 0 N–H and O–H groups in total. The fourth-order valence-electron chi connectivity index (χ4n) is 0.420. The van der Waals surface area contributed by atoms with Gasteiger partial charge in [-0.25, -0.2) is 9.74 Å². The third kappa shape index (κ3) is 2.75. The minimum Gasteiger partial charge on any atom is -0.346 e. The molecule has 0 radical (unpaired) electrons. The molecule has 0 fully saturated rings. The fourth-order valence-corrected chi connectivity index (χ4v) is 0.420. The maximum absolute atomic E-state index is 11.1. The van der Waals surface area contributed by atoms with Crippen molar-refractivity contribution >= 4 is 5.97 Å². The van der Waals surface area contributed by atoms with Gasteiger partial charge in [0.2, 0.25) is 0 Å². The van der Waals surface area contributed by atoms with E-state index in [1.54, 1.807) is 6.92 Å². The van der Waals surface area contributed by atoms with E-state index in [0.717, 1.165) is 0 Å². The lowest BCUT2D eigenvalue weighted by Gasteiger charge is -2.08. The maximum atomic E-state index is 11.1. The number of ether oxygens (including phenoxy) is 2. The standard InChI is InChI=1S/C5H9FO4/c1-3-9-5(8-2)4(7)10-6/h5H,3H2,1-2H3. The largest absolute Gasteiger partial charge is 0.404 e. The van der Waals surface area contributed by atoms with Gasteiger partial charge < -0.3 is 9.47 Å². The Morgan fingerprint density at radius 2 is 2.30 bits per heavy atom. The van der Waals surface area contributed by atoms with Gasteiger partial charge in [0.05, 0.1) is 0 Å². The van der Waals surface area contributed by atoms with Gasteiger partial charge in [0, 0.05) is 18.2 Å². The quantitative estimate of drug-likeness (QED) is 0.548. The molecule has 4 nitrogen and oxygen atoms in total. The number of hydrogen-bond donors (Lipinski definition) is 0. The Kier molecular flexibility index (Phi) is 4.78. The molecule has 0 aliphatic carbocycles. The lowest BCUT2D eigenvalue weighted by molar-refractivity contribution is -0.222. The third-order valence-corrected chi connectivity index (χ3v) is 0.801. The van der Waals surface area contributed by atoms with Gasteiger partial charge in [-0.3, -0.25) is 0 Å². The molecule has 60 valence electrons. The van der Waals surface area contributed by atoms with E-state index in [2.05, 4.69) is 14.4 Å². The van der Waals surface area contributed by atoms with Crippen molar-refractivity contribution in [1.82, 2.24) is 0 Å². The number of halogens is 1. The molecule has 10 heavy (non-hydrogen) atoms. The van der Waals surface area contributed by atoms with Crippen molar-refractivity contribution in [3.05, 3.63) is 0 Å². The van der Waals surface area contributed by atoms with Crippen molar-refractivity contribution in [3.63, 3.8) is 0 Å². The summed E-state index contributed by atoms with van der Waals surface area (Å²) >= 11 is 0. The zero-order chi connectivity index (χ0) is 7.98. The number of rotatable bonds is 4. The van der Waals surface area contributed by atoms with Crippen molar-refractivity contribution in [3.8, 4) is 0 Å². The first-order chi connectivity index (χ1) is 4.76. The molecule has 0 spiro atoms. The number of methoxy groups -OCH3 is 1. The molecule has 0 rings (SSSR count). The monoisotopic (exact) mass is 152 g/mol. The lowest BCUT2D eigenvalue weighted by Crippen LogP contribution is -2.26. The highest BCUT2D eigenvalue weighted by Crippen LogP contribution is 1.96. The minimum absolute atomic E-state index is 0.258. The Hall–Kier alpha value is -0.680. The maximum Gasteiger partial charge on any atom is 0.404 e. The van der Waals surface area contributed by atoms with Crippen LogP contribution in [0.25, 0.3) is 0 Å². The van der Waals surface area contributed by atoms with Crippen LogP contribution in [-0.2, 0) is 19.2 Å². The topological polar surface area (TPSA) is 44.8 Å². The van der Waals surface area contributed by atoms with Crippen LogP contribution in [0.3, 0.4) is 0 Å². The summed E-state index contributed by atoms with van der Waals surface area (Å²) < 4.78 is 20.2.